The monoisotopic (exact) mass is 300 g/mol. The first-order chi connectivity index (χ1) is 9.96. The molecule has 0 aromatic heterocycles. The van der Waals surface area contributed by atoms with Gasteiger partial charge in [0.25, 0.3) is 0 Å². The number of carboxylic acid groups (broad SMARTS) is 1. The molecule has 1 N–H and O–H groups in total. The van der Waals surface area contributed by atoms with Crippen LogP contribution < -0.4 is 0 Å². The van der Waals surface area contributed by atoms with E-state index in [4.69, 9.17) is 16.3 Å². The van der Waals surface area contributed by atoms with Crippen LogP contribution in [0.4, 0.5) is 4.79 Å². The van der Waals surface area contributed by atoms with Gasteiger partial charge in [0, 0.05) is 20.2 Å². The first-order valence-corrected chi connectivity index (χ1v) is 6.21. The zero-order valence-electron chi connectivity index (χ0n) is 12.2. The summed E-state index contributed by atoms with van der Waals surface area (Å²) in [6, 6.07) is -0.559. The molecule has 0 saturated carbocycles. The molecular weight excluding hydrogens is 280 g/mol. The summed E-state index contributed by atoms with van der Waals surface area (Å²) < 4.78 is 9.40. The molecule has 0 bridgehead atoms. The second-order valence-corrected chi connectivity index (χ2v) is 4.04. The van der Waals surface area contributed by atoms with Crippen LogP contribution in [0.25, 0.3) is 0 Å². The Morgan fingerprint density at radius 1 is 1.19 bits per heavy atom. The number of ether oxygens (including phenoxy) is 2. The molecule has 0 rings (SSSR count). The fraction of sp³-hybridized carbons (Fsp3) is 0.615. The minimum Gasteiger partial charge on any atom is -0.480 e. The van der Waals surface area contributed by atoms with Crippen molar-refractivity contribution in [3.8, 4) is 12.3 Å². The van der Waals surface area contributed by atoms with Crippen LogP contribution in [0.2, 0.25) is 0 Å². The van der Waals surface area contributed by atoms with E-state index in [2.05, 4.69) is 10.7 Å². The van der Waals surface area contributed by atoms with Crippen LogP contribution in [0.3, 0.4) is 0 Å². The van der Waals surface area contributed by atoms with E-state index in [9.17, 15) is 14.4 Å². The van der Waals surface area contributed by atoms with Crippen molar-refractivity contribution in [3.05, 3.63) is 0 Å². The van der Waals surface area contributed by atoms with Crippen LogP contribution in [-0.4, -0.2) is 79.9 Å². The summed E-state index contributed by atoms with van der Waals surface area (Å²) >= 11 is 0. The zero-order valence-corrected chi connectivity index (χ0v) is 12.2. The van der Waals surface area contributed by atoms with Crippen molar-refractivity contribution in [2.24, 2.45) is 0 Å². The third-order valence-corrected chi connectivity index (χ3v) is 2.53. The number of terminal acetylenes is 1. The van der Waals surface area contributed by atoms with Crippen molar-refractivity contribution < 1.29 is 29.0 Å². The van der Waals surface area contributed by atoms with Gasteiger partial charge < -0.3 is 24.4 Å². The summed E-state index contributed by atoms with van der Waals surface area (Å²) in [5.41, 5.74) is 0. The lowest BCUT2D eigenvalue weighted by atomic mass is 10.3. The third kappa shape index (κ3) is 7.79. The Labute approximate surface area is 123 Å². The number of esters is 1. The maximum Gasteiger partial charge on any atom is 0.323 e. The quantitative estimate of drug-likeness (QED) is 0.461. The van der Waals surface area contributed by atoms with Gasteiger partial charge in [0.05, 0.1) is 26.7 Å². The van der Waals surface area contributed by atoms with Crippen molar-refractivity contribution in [3.63, 3.8) is 0 Å². The normalized spacial score (nSPS) is 9.57. The van der Waals surface area contributed by atoms with Gasteiger partial charge in [-0.2, -0.15) is 0 Å². The lowest BCUT2D eigenvalue weighted by Gasteiger charge is -2.28. The number of methoxy groups -OCH3 is 2. The van der Waals surface area contributed by atoms with Crippen LogP contribution in [0, 0.1) is 12.3 Å². The predicted octanol–water partition coefficient (Wildman–Crippen LogP) is -0.362. The number of aliphatic carboxylic acids is 1. The van der Waals surface area contributed by atoms with Gasteiger partial charge in [-0.15, -0.1) is 6.42 Å². The molecule has 21 heavy (non-hydrogen) atoms. The number of hydrogen-bond acceptors (Lipinski definition) is 5. The molecule has 0 spiro atoms. The molecule has 8 heteroatoms. The number of carboxylic acids is 1. The molecule has 2 amide bonds. The van der Waals surface area contributed by atoms with E-state index in [0.717, 1.165) is 4.90 Å². The first-order valence-electron chi connectivity index (χ1n) is 6.21. The standard InChI is InChI=1S/C13H20N2O6/c1-4-6-15(10-11(16)17)13(19)14(8-9-20-2)7-5-12(18)21-3/h1H,5-10H2,2-3H3,(H,16,17). The molecule has 0 aromatic carbocycles. The number of carbonyl (C=O) groups excluding carboxylic acids is 2. The van der Waals surface area contributed by atoms with Crippen molar-refractivity contribution in [1.29, 1.82) is 0 Å². The molecule has 0 fully saturated rings. The fourth-order valence-electron chi connectivity index (χ4n) is 1.50. The van der Waals surface area contributed by atoms with Gasteiger partial charge in [-0.25, -0.2) is 4.79 Å². The Kier molecular flexibility index (Phi) is 9.37. The first kappa shape index (κ1) is 18.7. The Bertz CT molecular complexity index is 404. The number of amides is 2. The topological polar surface area (TPSA) is 96.4 Å². The van der Waals surface area contributed by atoms with Gasteiger partial charge in [-0.05, 0) is 0 Å². The SMILES string of the molecule is C#CCN(CC(=O)O)C(=O)N(CCOC)CCC(=O)OC. The van der Waals surface area contributed by atoms with E-state index in [1.807, 2.05) is 0 Å². The minimum absolute atomic E-state index is 0.00290. The lowest BCUT2D eigenvalue weighted by molar-refractivity contribution is -0.141. The average Bonchev–Trinajstić information content (AvgIpc) is 2.45. The van der Waals surface area contributed by atoms with Crippen LogP contribution in [-0.2, 0) is 19.1 Å². The molecule has 0 aromatic rings. The van der Waals surface area contributed by atoms with Gasteiger partial charge in [0.15, 0.2) is 0 Å². The molecule has 8 nitrogen and oxygen atoms in total. The Hall–Kier alpha value is -2.27. The highest BCUT2D eigenvalue weighted by Gasteiger charge is 2.22. The van der Waals surface area contributed by atoms with Crippen molar-refractivity contribution in [2.75, 3.05) is 47.0 Å². The van der Waals surface area contributed by atoms with E-state index in [1.54, 1.807) is 0 Å². The average molecular weight is 300 g/mol. The molecule has 0 atom stereocenters. The largest absolute Gasteiger partial charge is 0.480 e. The van der Waals surface area contributed by atoms with Crippen molar-refractivity contribution >= 4 is 18.0 Å². The van der Waals surface area contributed by atoms with Crippen LogP contribution in [0.1, 0.15) is 6.42 Å². The van der Waals surface area contributed by atoms with Crippen LogP contribution in [0.15, 0.2) is 0 Å². The second-order valence-electron chi connectivity index (χ2n) is 4.04. The number of urea groups is 1. The highest BCUT2D eigenvalue weighted by molar-refractivity contribution is 5.81. The lowest BCUT2D eigenvalue weighted by Crippen LogP contribution is -2.47. The summed E-state index contributed by atoms with van der Waals surface area (Å²) in [5.74, 6) is 0.599. The van der Waals surface area contributed by atoms with E-state index < -0.39 is 24.5 Å². The molecule has 0 heterocycles. The van der Waals surface area contributed by atoms with Gasteiger partial charge in [-0.3, -0.25) is 9.59 Å². The maximum absolute atomic E-state index is 12.3. The van der Waals surface area contributed by atoms with Crippen molar-refractivity contribution in [2.45, 2.75) is 6.42 Å². The molecular formula is C13H20N2O6. The Morgan fingerprint density at radius 2 is 1.86 bits per heavy atom. The Balaban J connectivity index is 4.82. The van der Waals surface area contributed by atoms with Crippen LogP contribution in [0.5, 0.6) is 0 Å². The number of rotatable bonds is 9. The molecule has 0 unspecified atom stereocenters. The van der Waals surface area contributed by atoms with Gasteiger partial charge in [0.1, 0.15) is 6.54 Å². The zero-order chi connectivity index (χ0) is 16.3. The fourth-order valence-corrected chi connectivity index (χ4v) is 1.50. The van der Waals surface area contributed by atoms with Crippen LogP contribution >= 0.6 is 0 Å². The number of carbonyl (C=O) groups is 3. The summed E-state index contributed by atoms with van der Waals surface area (Å²) in [6.45, 7) is -0.0793. The van der Waals surface area contributed by atoms with E-state index in [-0.39, 0.29) is 32.7 Å². The van der Waals surface area contributed by atoms with E-state index in [1.165, 1.54) is 19.1 Å². The number of nitrogens with zero attached hydrogens (tertiary/aromatic N) is 2. The molecule has 0 aliphatic heterocycles. The third-order valence-electron chi connectivity index (χ3n) is 2.53. The molecule has 0 saturated heterocycles. The molecule has 0 aliphatic carbocycles. The highest BCUT2D eigenvalue weighted by atomic mass is 16.5. The van der Waals surface area contributed by atoms with E-state index in [0.29, 0.717) is 0 Å². The van der Waals surface area contributed by atoms with Gasteiger partial charge in [-0.1, -0.05) is 5.92 Å². The highest BCUT2D eigenvalue weighted by Crippen LogP contribution is 2.02. The molecule has 118 valence electrons. The Morgan fingerprint density at radius 3 is 2.33 bits per heavy atom. The summed E-state index contributed by atoms with van der Waals surface area (Å²) in [5, 5.41) is 8.79. The second kappa shape index (κ2) is 10.5. The van der Waals surface area contributed by atoms with Crippen molar-refractivity contribution in [1.82, 2.24) is 9.80 Å². The molecule has 0 radical (unpaired) electrons. The summed E-state index contributed by atoms with van der Waals surface area (Å²) in [6.07, 6.45) is 5.14. The maximum atomic E-state index is 12.3. The van der Waals surface area contributed by atoms with Gasteiger partial charge >= 0.3 is 18.0 Å². The van der Waals surface area contributed by atoms with E-state index >= 15 is 0 Å². The summed E-state index contributed by atoms with van der Waals surface area (Å²) in [7, 11) is 2.72. The number of hydrogen-bond donors (Lipinski definition) is 1. The smallest absolute Gasteiger partial charge is 0.323 e. The minimum atomic E-state index is -1.17. The van der Waals surface area contributed by atoms with Gasteiger partial charge in [0.2, 0.25) is 0 Å². The molecule has 0 aliphatic rings. The summed E-state index contributed by atoms with van der Waals surface area (Å²) in [4.78, 5) is 36.5. The predicted molar refractivity (Wildman–Crippen MR) is 73.5 cm³/mol.